The maximum atomic E-state index is 10.0. The molecule has 1 heterocycles. The standard InChI is InChI=1S/C14H21NO2/c1-3-13(16)11-6-4-5-7-12(11)15-9-8-14(2,17)10-15/h4-7,13,16-17H,3,8-10H2,1-2H3/t13-,14?/m0/s1. The molecule has 94 valence electrons. The Morgan fingerprint density at radius 1 is 1.41 bits per heavy atom. The summed E-state index contributed by atoms with van der Waals surface area (Å²) in [7, 11) is 0. The van der Waals surface area contributed by atoms with Crippen LogP contribution in [0.5, 0.6) is 0 Å². The number of hydrogen-bond donors (Lipinski definition) is 2. The summed E-state index contributed by atoms with van der Waals surface area (Å²) < 4.78 is 0. The Labute approximate surface area is 103 Å². The Morgan fingerprint density at radius 2 is 2.12 bits per heavy atom. The van der Waals surface area contributed by atoms with Crippen LogP contribution in [-0.4, -0.2) is 28.9 Å². The lowest BCUT2D eigenvalue weighted by molar-refractivity contribution is 0.0838. The van der Waals surface area contributed by atoms with Gasteiger partial charge >= 0.3 is 0 Å². The van der Waals surface area contributed by atoms with Gasteiger partial charge in [0, 0.05) is 24.3 Å². The quantitative estimate of drug-likeness (QED) is 0.843. The first-order valence-corrected chi connectivity index (χ1v) is 6.28. The van der Waals surface area contributed by atoms with Gasteiger partial charge in [0.1, 0.15) is 0 Å². The summed E-state index contributed by atoms with van der Waals surface area (Å²) in [5.41, 5.74) is 1.41. The molecule has 2 N–H and O–H groups in total. The molecule has 1 saturated heterocycles. The van der Waals surface area contributed by atoms with Crippen molar-refractivity contribution < 1.29 is 10.2 Å². The summed E-state index contributed by atoms with van der Waals surface area (Å²) in [5, 5.41) is 20.0. The third-order valence-corrected chi connectivity index (χ3v) is 3.47. The predicted octanol–water partition coefficient (Wildman–Crippen LogP) is 2.09. The summed E-state index contributed by atoms with van der Waals surface area (Å²) in [5.74, 6) is 0. The fourth-order valence-electron chi connectivity index (χ4n) is 2.43. The Bertz CT molecular complexity index is 390. The summed E-state index contributed by atoms with van der Waals surface area (Å²) in [6.45, 7) is 5.33. The van der Waals surface area contributed by atoms with Gasteiger partial charge in [0.05, 0.1) is 11.7 Å². The molecule has 1 aliphatic rings. The average molecular weight is 235 g/mol. The molecule has 1 aromatic rings. The van der Waals surface area contributed by atoms with Crippen LogP contribution < -0.4 is 4.90 Å². The van der Waals surface area contributed by atoms with E-state index >= 15 is 0 Å². The van der Waals surface area contributed by atoms with Crippen molar-refractivity contribution in [1.82, 2.24) is 0 Å². The molecule has 0 amide bonds. The normalized spacial score (nSPS) is 26.2. The third-order valence-electron chi connectivity index (χ3n) is 3.47. The summed E-state index contributed by atoms with van der Waals surface area (Å²) >= 11 is 0. The molecule has 2 rings (SSSR count). The fourth-order valence-corrected chi connectivity index (χ4v) is 2.43. The van der Waals surface area contributed by atoms with Crippen molar-refractivity contribution in [1.29, 1.82) is 0 Å². The predicted molar refractivity (Wildman–Crippen MR) is 69.1 cm³/mol. The van der Waals surface area contributed by atoms with Crippen LogP contribution in [0.3, 0.4) is 0 Å². The molecule has 0 radical (unpaired) electrons. The second-order valence-electron chi connectivity index (χ2n) is 5.15. The van der Waals surface area contributed by atoms with Gasteiger partial charge in [-0.2, -0.15) is 0 Å². The topological polar surface area (TPSA) is 43.7 Å². The summed E-state index contributed by atoms with van der Waals surface area (Å²) in [6.07, 6.45) is 1.07. The first-order valence-electron chi connectivity index (χ1n) is 6.28. The molecule has 1 unspecified atom stereocenters. The maximum absolute atomic E-state index is 10.0. The number of hydrogen-bond acceptors (Lipinski definition) is 3. The van der Waals surface area contributed by atoms with E-state index in [1.54, 1.807) is 0 Å². The SMILES string of the molecule is CC[C@H](O)c1ccccc1N1CCC(C)(O)C1. The largest absolute Gasteiger partial charge is 0.388 e. The van der Waals surface area contributed by atoms with E-state index in [0.717, 1.165) is 24.2 Å². The Balaban J connectivity index is 2.27. The second-order valence-corrected chi connectivity index (χ2v) is 5.15. The summed E-state index contributed by atoms with van der Waals surface area (Å²) in [6, 6.07) is 7.92. The van der Waals surface area contributed by atoms with Gasteiger partial charge in [0.2, 0.25) is 0 Å². The van der Waals surface area contributed by atoms with E-state index in [0.29, 0.717) is 13.0 Å². The summed E-state index contributed by atoms with van der Waals surface area (Å²) in [4.78, 5) is 2.16. The van der Waals surface area contributed by atoms with Crippen molar-refractivity contribution in [3.63, 3.8) is 0 Å². The second kappa shape index (κ2) is 4.67. The average Bonchev–Trinajstić information content (AvgIpc) is 2.68. The molecule has 1 aliphatic heterocycles. The van der Waals surface area contributed by atoms with Gasteiger partial charge < -0.3 is 15.1 Å². The van der Waals surface area contributed by atoms with Crippen molar-refractivity contribution in [2.24, 2.45) is 0 Å². The lowest BCUT2D eigenvalue weighted by atomic mass is 10.0. The zero-order valence-corrected chi connectivity index (χ0v) is 10.6. The van der Waals surface area contributed by atoms with Crippen molar-refractivity contribution in [2.45, 2.75) is 38.4 Å². The highest BCUT2D eigenvalue weighted by atomic mass is 16.3. The lowest BCUT2D eigenvalue weighted by Crippen LogP contribution is -2.30. The van der Waals surface area contributed by atoms with Crippen molar-refractivity contribution >= 4 is 5.69 Å². The van der Waals surface area contributed by atoms with Gasteiger partial charge in [0.25, 0.3) is 0 Å². The highest BCUT2D eigenvalue weighted by Crippen LogP contribution is 2.32. The van der Waals surface area contributed by atoms with Crippen molar-refractivity contribution in [3.8, 4) is 0 Å². The number of benzene rings is 1. The highest BCUT2D eigenvalue weighted by molar-refractivity contribution is 5.55. The molecule has 0 aromatic heterocycles. The Kier molecular flexibility index (Phi) is 3.40. The molecule has 0 bridgehead atoms. The molecule has 0 spiro atoms. The molecule has 17 heavy (non-hydrogen) atoms. The zero-order valence-electron chi connectivity index (χ0n) is 10.6. The number of anilines is 1. The first kappa shape index (κ1) is 12.4. The Morgan fingerprint density at radius 3 is 2.71 bits per heavy atom. The van der Waals surface area contributed by atoms with E-state index in [9.17, 15) is 10.2 Å². The minimum Gasteiger partial charge on any atom is -0.388 e. The smallest absolute Gasteiger partial charge is 0.0810 e. The number of para-hydroxylation sites is 1. The lowest BCUT2D eigenvalue weighted by Gasteiger charge is -2.25. The van der Waals surface area contributed by atoms with Gasteiger partial charge in [0.15, 0.2) is 0 Å². The van der Waals surface area contributed by atoms with Gasteiger partial charge in [-0.1, -0.05) is 25.1 Å². The molecular weight excluding hydrogens is 214 g/mol. The van der Waals surface area contributed by atoms with E-state index < -0.39 is 11.7 Å². The number of aliphatic hydroxyl groups excluding tert-OH is 1. The molecular formula is C14H21NO2. The molecule has 1 aromatic carbocycles. The number of nitrogens with zero attached hydrogens (tertiary/aromatic N) is 1. The van der Waals surface area contributed by atoms with Gasteiger partial charge in [-0.15, -0.1) is 0 Å². The Hall–Kier alpha value is -1.06. The molecule has 3 heteroatoms. The van der Waals surface area contributed by atoms with E-state index in [4.69, 9.17) is 0 Å². The molecule has 1 fully saturated rings. The molecule has 0 saturated carbocycles. The molecule has 2 atom stereocenters. The van der Waals surface area contributed by atoms with E-state index in [1.807, 2.05) is 38.1 Å². The zero-order chi connectivity index (χ0) is 12.5. The van der Waals surface area contributed by atoms with Gasteiger partial charge in [-0.25, -0.2) is 0 Å². The highest BCUT2D eigenvalue weighted by Gasteiger charge is 2.32. The minimum absolute atomic E-state index is 0.420. The van der Waals surface area contributed by atoms with E-state index in [2.05, 4.69) is 4.90 Å². The third kappa shape index (κ3) is 2.61. The van der Waals surface area contributed by atoms with Crippen LogP contribution in [0.25, 0.3) is 0 Å². The van der Waals surface area contributed by atoms with Gasteiger partial charge in [-0.3, -0.25) is 0 Å². The van der Waals surface area contributed by atoms with Crippen molar-refractivity contribution in [3.05, 3.63) is 29.8 Å². The van der Waals surface area contributed by atoms with Crippen LogP contribution >= 0.6 is 0 Å². The molecule has 3 nitrogen and oxygen atoms in total. The number of rotatable bonds is 3. The van der Waals surface area contributed by atoms with E-state index in [1.165, 1.54) is 0 Å². The van der Waals surface area contributed by atoms with Crippen molar-refractivity contribution in [2.75, 3.05) is 18.0 Å². The minimum atomic E-state index is -0.607. The van der Waals surface area contributed by atoms with Crippen LogP contribution in [0.1, 0.15) is 38.4 Å². The van der Waals surface area contributed by atoms with Crippen LogP contribution in [0.15, 0.2) is 24.3 Å². The van der Waals surface area contributed by atoms with Gasteiger partial charge in [-0.05, 0) is 25.8 Å². The number of β-amino-alcohol motifs (C(OH)–C–C–N with tert-alkyl or cyclic N) is 1. The molecule has 0 aliphatic carbocycles. The van der Waals surface area contributed by atoms with Crippen LogP contribution in [-0.2, 0) is 0 Å². The number of aliphatic hydroxyl groups is 2. The first-order chi connectivity index (χ1) is 8.03. The fraction of sp³-hybridized carbons (Fsp3) is 0.571. The van der Waals surface area contributed by atoms with Crippen LogP contribution in [0.4, 0.5) is 5.69 Å². The van der Waals surface area contributed by atoms with Crippen LogP contribution in [0, 0.1) is 0 Å². The van der Waals surface area contributed by atoms with Crippen LogP contribution in [0.2, 0.25) is 0 Å². The monoisotopic (exact) mass is 235 g/mol. The maximum Gasteiger partial charge on any atom is 0.0810 e. The van der Waals surface area contributed by atoms with E-state index in [-0.39, 0.29) is 0 Å².